The van der Waals surface area contributed by atoms with Crippen molar-refractivity contribution in [3.8, 4) is 5.69 Å². The van der Waals surface area contributed by atoms with Crippen molar-refractivity contribution < 1.29 is 4.79 Å². The minimum Gasteiger partial charge on any atom is -0.337 e. The van der Waals surface area contributed by atoms with Gasteiger partial charge in [0, 0.05) is 19.1 Å². The monoisotopic (exact) mass is 334 g/mol. The van der Waals surface area contributed by atoms with Gasteiger partial charge in [-0.05, 0) is 38.9 Å². The van der Waals surface area contributed by atoms with E-state index in [1.54, 1.807) is 6.20 Å². The number of benzene rings is 1. The predicted octanol–water partition coefficient (Wildman–Crippen LogP) is 2.43. The van der Waals surface area contributed by atoms with E-state index in [2.05, 4.69) is 10.4 Å². The summed E-state index contributed by atoms with van der Waals surface area (Å²) in [5.74, 6) is 0.0830. The van der Waals surface area contributed by atoms with Crippen molar-refractivity contribution >= 4 is 18.3 Å². The molecule has 0 saturated carbocycles. The van der Waals surface area contributed by atoms with Crippen molar-refractivity contribution in [1.29, 1.82) is 0 Å². The number of nitrogens with one attached hydrogen (secondary N) is 1. The summed E-state index contributed by atoms with van der Waals surface area (Å²) < 4.78 is 1.83. The van der Waals surface area contributed by atoms with Crippen LogP contribution in [0.5, 0.6) is 0 Å². The lowest BCUT2D eigenvalue weighted by atomic mass is 10.0. The number of rotatable bonds is 3. The van der Waals surface area contributed by atoms with Gasteiger partial charge in [0.1, 0.15) is 0 Å². The smallest absolute Gasteiger partial charge is 0.257 e. The van der Waals surface area contributed by atoms with Gasteiger partial charge in [-0.15, -0.1) is 12.4 Å². The van der Waals surface area contributed by atoms with Crippen LogP contribution in [-0.4, -0.2) is 46.8 Å². The number of hydrogen-bond donors (Lipinski definition) is 1. The number of likely N-dealkylation sites (tertiary alicyclic amines) is 1. The molecule has 1 atom stereocenters. The standard InChI is InChI=1S/C17H22N4O.ClH/c1-13-16(11-19-21(13)15-8-4-3-5-9-15)17(22)20-10-6-7-14(12-20)18-2;/h3-5,8-9,11,14,18H,6-7,10,12H2,1-2H3;1H. The van der Waals surface area contributed by atoms with Crippen LogP contribution in [-0.2, 0) is 0 Å². The number of hydrogen-bond acceptors (Lipinski definition) is 3. The minimum absolute atomic E-state index is 0. The van der Waals surface area contributed by atoms with Crippen LogP contribution in [0.15, 0.2) is 36.5 Å². The van der Waals surface area contributed by atoms with Gasteiger partial charge in [-0.2, -0.15) is 5.10 Å². The van der Waals surface area contributed by atoms with Crippen LogP contribution in [0.4, 0.5) is 0 Å². The van der Waals surface area contributed by atoms with Crippen LogP contribution >= 0.6 is 12.4 Å². The van der Waals surface area contributed by atoms with Gasteiger partial charge in [0.05, 0.1) is 23.1 Å². The molecular weight excluding hydrogens is 312 g/mol. The first-order chi connectivity index (χ1) is 10.7. The number of carbonyl (C=O) groups excluding carboxylic acids is 1. The zero-order chi connectivity index (χ0) is 15.5. The maximum absolute atomic E-state index is 12.8. The largest absolute Gasteiger partial charge is 0.337 e. The Morgan fingerprint density at radius 3 is 2.74 bits per heavy atom. The first-order valence-corrected chi connectivity index (χ1v) is 7.77. The number of aromatic nitrogens is 2. The van der Waals surface area contributed by atoms with Crippen molar-refractivity contribution in [1.82, 2.24) is 20.0 Å². The fourth-order valence-electron chi connectivity index (χ4n) is 3.02. The molecule has 1 aliphatic heterocycles. The summed E-state index contributed by atoms with van der Waals surface area (Å²) >= 11 is 0. The van der Waals surface area contributed by atoms with Crippen LogP contribution in [0, 0.1) is 6.92 Å². The third-order valence-corrected chi connectivity index (χ3v) is 4.36. The molecule has 1 unspecified atom stereocenters. The van der Waals surface area contributed by atoms with Gasteiger partial charge < -0.3 is 10.2 Å². The highest BCUT2D eigenvalue weighted by atomic mass is 35.5. The zero-order valence-corrected chi connectivity index (χ0v) is 14.3. The van der Waals surface area contributed by atoms with Gasteiger partial charge in [-0.3, -0.25) is 4.79 Å². The first kappa shape index (κ1) is 17.5. The second kappa shape index (κ2) is 7.62. The van der Waals surface area contributed by atoms with Crippen molar-refractivity contribution in [3.63, 3.8) is 0 Å². The fraction of sp³-hybridized carbons (Fsp3) is 0.412. The number of para-hydroxylation sites is 1. The molecule has 1 amide bonds. The Kier molecular flexibility index (Phi) is 5.80. The molecule has 0 aliphatic carbocycles. The van der Waals surface area contributed by atoms with Crippen molar-refractivity contribution in [2.24, 2.45) is 0 Å². The lowest BCUT2D eigenvalue weighted by Gasteiger charge is -2.32. The molecule has 2 aromatic rings. The lowest BCUT2D eigenvalue weighted by Crippen LogP contribution is -2.47. The number of nitrogens with zero attached hydrogens (tertiary/aromatic N) is 3. The fourth-order valence-corrected chi connectivity index (χ4v) is 3.02. The summed E-state index contributed by atoms with van der Waals surface area (Å²) in [7, 11) is 1.96. The summed E-state index contributed by atoms with van der Waals surface area (Å²) in [4.78, 5) is 14.7. The molecule has 3 rings (SSSR count). The number of carbonyl (C=O) groups is 1. The van der Waals surface area contributed by atoms with Gasteiger partial charge in [-0.1, -0.05) is 18.2 Å². The summed E-state index contributed by atoms with van der Waals surface area (Å²) in [5.41, 5.74) is 2.56. The van der Waals surface area contributed by atoms with Gasteiger partial charge in [-0.25, -0.2) is 4.68 Å². The van der Waals surface area contributed by atoms with Crippen LogP contribution in [0.1, 0.15) is 28.9 Å². The molecule has 5 nitrogen and oxygen atoms in total. The van der Waals surface area contributed by atoms with Crippen molar-refractivity contribution in [2.75, 3.05) is 20.1 Å². The maximum atomic E-state index is 12.8. The number of piperidine rings is 1. The topological polar surface area (TPSA) is 50.2 Å². The number of halogens is 1. The molecule has 2 heterocycles. The van der Waals surface area contributed by atoms with E-state index in [1.807, 2.05) is 53.9 Å². The molecular formula is C17H23ClN4O. The second-order valence-corrected chi connectivity index (χ2v) is 5.77. The summed E-state index contributed by atoms with van der Waals surface area (Å²) in [6, 6.07) is 10.3. The highest BCUT2D eigenvalue weighted by Crippen LogP contribution is 2.18. The molecule has 23 heavy (non-hydrogen) atoms. The molecule has 1 fully saturated rings. The highest BCUT2D eigenvalue weighted by molar-refractivity contribution is 5.95. The van der Waals surface area contributed by atoms with Gasteiger partial charge in [0.25, 0.3) is 5.91 Å². The second-order valence-electron chi connectivity index (χ2n) is 5.77. The average Bonchev–Trinajstić information content (AvgIpc) is 2.96. The third kappa shape index (κ3) is 3.57. The molecule has 0 radical (unpaired) electrons. The van der Waals surface area contributed by atoms with Gasteiger partial charge in [0.15, 0.2) is 0 Å². The summed E-state index contributed by atoms with van der Waals surface area (Å²) in [6.07, 6.45) is 3.86. The molecule has 1 saturated heterocycles. The Balaban J connectivity index is 0.00000192. The lowest BCUT2D eigenvalue weighted by molar-refractivity contribution is 0.0697. The van der Waals surface area contributed by atoms with Crippen LogP contribution < -0.4 is 5.32 Å². The molecule has 1 N–H and O–H groups in total. The molecule has 0 bridgehead atoms. The van der Waals surface area contributed by atoms with E-state index in [0.29, 0.717) is 11.6 Å². The molecule has 1 aliphatic rings. The Hall–Kier alpha value is -1.85. The zero-order valence-electron chi connectivity index (χ0n) is 13.5. The van der Waals surface area contributed by atoms with Crippen LogP contribution in [0.25, 0.3) is 5.69 Å². The molecule has 1 aromatic heterocycles. The van der Waals surface area contributed by atoms with Gasteiger partial charge in [0.2, 0.25) is 0 Å². The van der Waals surface area contributed by atoms with Gasteiger partial charge >= 0.3 is 0 Å². The highest BCUT2D eigenvalue weighted by Gasteiger charge is 2.26. The predicted molar refractivity (Wildman–Crippen MR) is 93.5 cm³/mol. The maximum Gasteiger partial charge on any atom is 0.257 e. The van der Waals surface area contributed by atoms with E-state index in [4.69, 9.17) is 0 Å². The van der Waals surface area contributed by atoms with E-state index in [0.717, 1.165) is 37.3 Å². The normalized spacial score (nSPS) is 17.7. The SMILES string of the molecule is CNC1CCCN(C(=O)c2cnn(-c3ccccc3)c2C)C1.Cl. The minimum atomic E-state index is 0. The quantitative estimate of drug-likeness (QED) is 0.938. The van der Waals surface area contributed by atoms with Crippen LogP contribution in [0.2, 0.25) is 0 Å². The summed E-state index contributed by atoms with van der Waals surface area (Å²) in [6.45, 7) is 3.55. The Labute approximate surface area is 143 Å². The number of likely N-dealkylation sites (N-methyl/N-ethyl adjacent to an activating group) is 1. The third-order valence-electron chi connectivity index (χ3n) is 4.36. The van der Waals surface area contributed by atoms with Crippen LogP contribution in [0.3, 0.4) is 0 Å². The molecule has 1 aromatic carbocycles. The van der Waals surface area contributed by atoms with E-state index < -0.39 is 0 Å². The van der Waals surface area contributed by atoms with E-state index >= 15 is 0 Å². The summed E-state index contributed by atoms with van der Waals surface area (Å²) in [5, 5.41) is 7.67. The average molecular weight is 335 g/mol. The molecule has 124 valence electrons. The Morgan fingerprint density at radius 2 is 2.04 bits per heavy atom. The molecule has 6 heteroatoms. The van der Waals surface area contributed by atoms with Crippen molar-refractivity contribution in [2.45, 2.75) is 25.8 Å². The Bertz CT molecular complexity index is 656. The van der Waals surface area contributed by atoms with Crippen molar-refractivity contribution in [3.05, 3.63) is 47.8 Å². The van der Waals surface area contributed by atoms with E-state index in [9.17, 15) is 4.79 Å². The van der Waals surface area contributed by atoms with E-state index in [1.165, 1.54) is 0 Å². The number of amides is 1. The molecule has 0 spiro atoms. The van der Waals surface area contributed by atoms with E-state index in [-0.39, 0.29) is 18.3 Å². The Morgan fingerprint density at radius 1 is 1.30 bits per heavy atom. The first-order valence-electron chi connectivity index (χ1n) is 7.77.